The average Bonchev–Trinajstić information content (AvgIpc) is 3.45. The number of nitrogens with zero attached hydrogens (tertiary/aromatic N) is 1. The molecule has 6 aromatic carbocycles. The van der Waals surface area contributed by atoms with Crippen molar-refractivity contribution in [3.8, 4) is 44.8 Å². The number of rotatable bonds is 5. The molecule has 41 heavy (non-hydrogen) atoms. The molecule has 7 rings (SSSR count). The quantitative estimate of drug-likeness (QED) is 0.201. The lowest BCUT2D eigenvalue weighted by molar-refractivity contribution is 0.620. The molecule has 0 aliphatic carbocycles. The van der Waals surface area contributed by atoms with E-state index in [2.05, 4.69) is 129 Å². The molecule has 0 aliphatic rings. The van der Waals surface area contributed by atoms with Crippen LogP contribution in [0.25, 0.3) is 66.7 Å². The predicted octanol–water partition coefficient (Wildman–Crippen LogP) is 10.2. The second kappa shape index (κ2) is 10.0. The number of fused-ring (bicyclic) bond motifs is 2. The number of para-hydroxylation sites is 2. The highest BCUT2D eigenvalue weighted by Crippen LogP contribution is 2.37. The first-order chi connectivity index (χ1) is 19.9. The Labute approximate surface area is 242 Å². The van der Waals surface area contributed by atoms with Crippen molar-refractivity contribution in [2.45, 2.75) is 19.6 Å². The summed E-state index contributed by atoms with van der Waals surface area (Å²) in [5.41, 5.74) is 10.0. The van der Waals surface area contributed by atoms with Crippen molar-refractivity contribution in [3.63, 3.8) is 0 Å². The monoisotopic (exact) mass is 545 g/mol. The minimum absolute atomic E-state index is 0.653. The number of oxazole rings is 1. The maximum Gasteiger partial charge on any atom is 0.227 e. The van der Waals surface area contributed by atoms with E-state index in [1.165, 1.54) is 44.0 Å². The Bertz CT molecular complexity index is 1960. The summed E-state index contributed by atoms with van der Waals surface area (Å²) < 4.78 is 6.12. The Kier molecular flexibility index (Phi) is 6.17. The van der Waals surface area contributed by atoms with E-state index >= 15 is 0 Å². The lowest BCUT2D eigenvalue weighted by Gasteiger charge is -2.16. The highest BCUT2D eigenvalue weighted by Gasteiger charge is 2.16. The smallest absolute Gasteiger partial charge is 0.227 e. The molecule has 0 bridgehead atoms. The molecule has 0 fully saturated rings. The summed E-state index contributed by atoms with van der Waals surface area (Å²) >= 11 is 0. The molecule has 0 saturated carbocycles. The molecule has 0 spiro atoms. The Morgan fingerprint density at radius 3 is 1.49 bits per heavy atom. The minimum atomic E-state index is -1.29. The summed E-state index contributed by atoms with van der Waals surface area (Å²) in [5.74, 6) is 0.653. The predicted molar refractivity (Wildman–Crippen MR) is 176 cm³/mol. The second-order valence-corrected chi connectivity index (χ2v) is 16.8. The fourth-order valence-corrected chi connectivity index (χ4v) is 6.75. The van der Waals surface area contributed by atoms with Gasteiger partial charge in [0.25, 0.3) is 0 Å². The van der Waals surface area contributed by atoms with Gasteiger partial charge in [0.15, 0.2) is 5.58 Å². The molecule has 0 radical (unpaired) electrons. The van der Waals surface area contributed by atoms with Crippen LogP contribution in [0.1, 0.15) is 0 Å². The third-order valence-corrected chi connectivity index (χ3v) is 10.0. The maximum absolute atomic E-state index is 6.12. The molecule has 198 valence electrons. The largest absolute Gasteiger partial charge is 0.436 e. The second-order valence-electron chi connectivity index (χ2n) is 11.7. The van der Waals surface area contributed by atoms with E-state index in [1.807, 2.05) is 24.3 Å². The Morgan fingerprint density at radius 2 is 0.927 bits per heavy atom. The maximum atomic E-state index is 6.12. The normalized spacial score (nSPS) is 11.8. The molecular formula is C38H31NOSi. The molecule has 0 unspecified atom stereocenters. The van der Waals surface area contributed by atoms with Gasteiger partial charge >= 0.3 is 0 Å². The first-order valence-electron chi connectivity index (χ1n) is 14.1. The summed E-state index contributed by atoms with van der Waals surface area (Å²) in [6, 6.07) is 47.6. The zero-order valence-corrected chi connectivity index (χ0v) is 24.6. The highest BCUT2D eigenvalue weighted by atomic mass is 28.3. The third-order valence-electron chi connectivity index (χ3n) is 7.95. The zero-order valence-electron chi connectivity index (χ0n) is 23.6. The van der Waals surface area contributed by atoms with Gasteiger partial charge in [-0.3, -0.25) is 0 Å². The summed E-state index contributed by atoms with van der Waals surface area (Å²) in [6.45, 7) is 7.17. The third kappa shape index (κ3) is 4.79. The van der Waals surface area contributed by atoms with Crippen LogP contribution in [0.5, 0.6) is 0 Å². The SMILES string of the molecule is C[Si](C)(C)c1ccc(-c2ccc(-c3ccc(-c4ccc(-c5nc6ccccc6o5)c5ccccc45)cc3)cc2)cc1. The molecular weight excluding hydrogens is 515 g/mol. The van der Waals surface area contributed by atoms with Crippen LogP contribution in [0.2, 0.25) is 19.6 Å². The Hall–Kier alpha value is -4.73. The van der Waals surface area contributed by atoms with E-state index in [9.17, 15) is 0 Å². The fourth-order valence-electron chi connectivity index (χ4n) is 5.58. The van der Waals surface area contributed by atoms with Crippen LogP contribution in [0.3, 0.4) is 0 Å². The zero-order chi connectivity index (χ0) is 28.0. The summed E-state index contributed by atoms with van der Waals surface area (Å²) in [6.07, 6.45) is 0. The molecule has 1 heterocycles. The lowest BCUT2D eigenvalue weighted by Crippen LogP contribution is -2.37. The van der Waals surface area contributed by atoms with Gasteiger partial charge in [-0.1, -0.05) is 140 Å². The van der Waals surface area contributed by atoms with Gasteiger partial charge in [0, 0.05) is 5.56 Å². The van der Waals surface area contributed by atoms with Gasteiger partial charge in [-0.2, -0.15) is 0 Å². The van der Waals surface area contributed by atoms with Gasteiger partial charge in [-0.25, -0.2) is 4.98 Å². The summed E-state index contributed by atoms with van der Waals surface area (Å²) in [5, 5.41) is 3.81. The van der Waals surface area contributed by atoms with Crippen LogP contribution in [0.15, 0.2) is 138 Å². The summed E-state index contributed by atoms with van der Waals surface area (Å²) in [4.78, 5) is 4.75. The number of hydrogen-bond acceptors (Lipinski definition) is 2. The van der Waals surface area contributed by atoms with Crippen molar-refractivity contribution in [2.75, 3.05) is 0 Å². The van der Waals surface area contributed by atoms with Crippen LogP contribution < -0.4 is 5.19 Å². The van der Waals surface area contributed by atoms with Crippen LogP contribution in [-0.4, -0.2) is 13.1 Å². The topological polar surface area (TPSA) is 26.0 Å². The summed E-state index contributed by atoms with van der Waals surface area (Å²) in [7, 11) is -1.29. The van der Waals surface area contributed by atoms with Gasteiger partial charge in [0.05, 0.1) is 8.07 Å². The molecule has 3 heteroatoms. The van der Waals surface area contributed by atoms with E-state index in [4.69, 9.17) is 9.40 Å². The number of hydrogen-bond donors (Lipinski definition) is 0. The molecule has 0 aliphatic heterocycles. The highest BCUT2D eigenvalue weighted by molar-refractivity contribution is 6.88. The molecule has 0 N–H and O–H groups in total. The molecule has 2 nitrogen and oxygen atoms in total. The minimum Gasteiger partial charge on any atom is -0.436 e. The average molecular weight is 546 g/mol. The van der Waals surface area contributed by atoms with E-state index in [0.717, 1.165) is 22.0 Å². The van der Waals surface area contributed by atoms with E-state index in [-0.39, 0.29) is 0 Å². The van der Waals surface area contributed by atoms with Crippen molar-refractivity contribution in [1.82, 2.24) is 4.98 Å². The van der Waals surface area contributed by atoms with Gasteiger partial charge < -0.3 is 4.42 Å². The standard InChI is InChI=1S/C38H31NOSi/c1-41(2,3)31-22-20-29(21-23-31)27-14-12-26(13-15-27)28-16-18-30(19-17-28)32-24-25-35(34-9-5-4-8-33(32)34)38-39-36-10-6-7-11-37(36)40-38/h4-25H,1-3H3. The van der Waals surface area contributed by atoms with Crippen molar-refractivity contribution in [2.24, 2.45) is 0 Å². The van der Waals surface area contributed by atoms with Gasteiger partial charge in [-0.05, 0) is 62.4 Å². The van der Waals surface area contributed by atoms with E-state index in [1.54, 1.807) is 0 Å². The van der Waals surface area contributed by atoms with Crippen molar-refractivity contribution in [1.29, 1.82) is 0 Å². The Morgan fingerprint density at radius 1 is 0.463 bits per heavy atom. The van der Waals surface area contributed by atoms with Crippen LogP contribution >= 0.6 is 0 Å². The first-order valence-corrected chi connectivity index (χ1v) is 17.6. The van der Waals surface area contributed by atoms with Gasteiger partial charge in [0.1, 0.15) is 5.52 Å². The van der Waals surface area contributed by atoms with Crippen molar-refractivity contribution in [3.05, 3.63) is 133 Å². The van der Waals surface area contributed by atoms with Crippen molar-refractivity contribution >= 4 is 35.1 Å². The number of aromatic nitrogens is 1. The molecule has 1 aromatic heterocycles. The molecule has 0 atom stereocenters. The molecule has 0 saturated heterocycles. The van der Waals surface area contributed by atoms with Crippen LogP contribution in [0.4, 0.5) is 0 Å². The van der Waals surface area contributed by atoms with Gasteiger partial charge in [0.2, 0.25) is 5.89 Å². The van der Waals surface area contributed by atoms with Crippen molar-refractivity contribution < 1.29 is 4.42 Å². The first kappa shape index (κ1) is 25.2. The lowest BCUT2D eigenvalue weighted by atomic mass is 9.93. The number of benzene rings is 6. The van der Waals surface area contributed by atoms with E-state index in [0.29, 0.717) is 5.89 Å². The van der Waals surface area contributed by atoms with Crippen LogP contribution in [-0.2, 0) is 0 Å². The van der Waals surface area contributed by atoms with Gasteiger partial charge in [-0.15, -0.1) is 0 Å². The molecule has 7 aromatic rings. The van der Waals surface area contributed by atoms with Crippen LogP contribution in [0, 0.1) is 0 Å². The fraction of sp³-hybridized carbons (Fsp3) is 0.0789. The Balaban J connectivity index is 1.18. The molecule has 0 amide bonds. The van der Waals surface area contributed by atoms with E-state index < -0.39 is 8.07 Å².